The molecule has 1 fully saturated rings. The lowest BCUT2D eigenvalue weighted by molar-refractivity contribution is 0.500. The number of para-hydroxylation sites is 1. The fourth-order valence-electron chi connectivity index (χ4n) is 4.21. The molecule has 1 aromatic carbocycles. The fourth-order valence-corrected chi connectivity index (χ4v) is 4.21. The largest absolute Gasteiger partial charge is 0.364 e. The van der Waals surface area contributed by atoms with Gasteiger partial charge in [-0.15, -0.1) is 0 Å². The van der Waals surface area contributed by atoms with Gasteiger partial charge >= 0.3 is 0 Å². The Balaban J connectivity index is 1.51. The maximum atomic E-state index is 6.23. The van der Waals surface area contributed by atoms with E-state index in [2.05, 4.69) is 50.8 Å². The molecule has 3 aromatic heterocycles. The summed E-state index contributed by atoms with van der Waals surface area (Å²) in [6.07, 6.45) is 7.67. The molecule has 166 valence electrons. The van der Waals surface area contributed by atoms with Crippen LogP contribution in [0, 0.1) is 0 Å². The zero-order chi connectivity index (χ0) is 22.1. The van der Waals surface area contributed by atoms with Gasteiger partial charge in [-0.25, -0.2) is 9.67 Å². The molecule has 9 nitrogen and oxygen atoms in total. The third kappa shape index (κ3) is 3.91. The number of nitrogens with two attached hydrogens (primary N) is 1. The quantitative estimate of drug-likeness (QED) is 0.483. The molecule has 0 bridgehead atoms. The maximum absolute atomic E-state index is 6.23. The molecule has 0 amide bonds. The third-order valence-electron chi connectivity index (χ3n) is 5.90. The second kappa shape index (κ2) is 8.58. The second-order valence-corrected chi connectivity index (χ2v) is 8.57. The average Bonchev–Trinajstić information content (AvgIpc) is 3.48. The van der Waals surface area contributed by atoms with E-state index in [1.165, 1.54) is 0 Å². The molecule has 9 heteroatoms. The highest BCUT2D eigenvalue weighted by molar-refractivity contribution is 5.84. The summed E-state index contributed by atoms with van der Waals surface area (Å²) in [7, 11) is 0. The van der Waals surface area contributed by atoms with Crippen molar-refractivity contribution in [2.45, 2.75) is 45.3 Å². The Bertz CT molecular complexity index is 1200. The van der Waals surface area contributed by atoms with E-state index in [0.717, 1.165) is 54.2 Å². The average molecular weight is 432 g/mol. The highest BCUT2D eigenvalue weighted by Gasteiger charge is 2.22. The van der Waals surface area contributed by atoms with Crippen molar-refractivity contribution in [1.82, 2.24) is 29.3 Å². The van der Waals surface area contributed by atoms with Crippen molar-refractivity contribution in [3.05, 3.63) is 54.6 Å². The Morgan fingerprint density at radius 1 is 1.19 bits per heavy atom. The molecule has 1 aliphatic rings. The van der Waals surface area contributed by atoms with Crippen molar-refractivity contribution in [3.63, 3.8) is 0 Å². The van der Waals surface area contributed by atoms with Gasteiger partial charge in [-0.05, 0) is 44.4 Å². The van der Waals surface area contributed by atoms with Crippen LogP contribution in [0.25, 0.3) is 16.9 Å². The van der Waals surface area contributed by atoms with Gasteiger partial charge in [0.2, 0.25) is 5.95 Å². The lowest BCUT2D eigenvalue weighted by atomic mass is 10.1. The maximum Gasteiger partial charge on any atom is 0.229 e. The molecule has 0 saturated carbocycles. The van der Waals surface area contributed by atoms with Crippen molar-refractivity contribution < 1.29 is 0 Å². The van der Waals surface area contributed by atoms with E-state index in [4.69, 9.17) is 15.7 Å². The Labute approximate surface area is 187 Å². The van der Waals surface area contributed by atoms with Crippen molar-refractivity contribution in [2.75, 3.05) is 23.3 Å². The van der Waals surface area contributed by atoms with Crippen LogP contribution in [-0.4, -0.2) is 48.4 Å². The number of aromatic nitrogens is 6. The first-order valence-electron chi connectivity index (χ1n) is 11.2. The van der Waals surface area contributed by atoms with E-state index < -0.39 is 0 Å². The molecule has 0 aliphatic carbocycles. The number of fused-ring (bicyclic) bond motifs is 1. The van der Waals surface area contributed by atoms with E-state index in [9.17, 15) is 0 Å². The van der Waals surface area contributed by atoms with E-state index in [-0.39, 0.29) is 12.1 Å². The Kier molecular flexibility index (Phi) is 5.48. The number of hydrogen-bond donors (Lipinski definition) is 2. The normalized spacial score (nSPS) is 16.8. The Hall–Kier alpha value is -3.46. The smallest absolute Gasteiger partial charge is 0.229 e. The number of anilines is 2. The zero-order valence-corrected chi connectivity index (χ0v) is 18.5. The molecule has 4 aromatic rings. The lowest BCUT2D eigenvalue weighted by Gasteiger charge is -2.31. The van der Waals surface area contributed by atoms with Crippen molar-refractivity contribution in [2.24, 2.45) is 5.73 Å². The summed E-state index contributed by atoms with van der Waals surface area (Å²) in [6.45, 7) is 6.54. The van der Waals surface area contributed by atoms with E-state index in [0.29, 0.717) is 12.5 Å². The van der Waals surface area contributed by atoms with Gasteiger partial charge < -0.3 is 20.5 Å². The first kappa shape index (κ1) is 20.4. The monoisotopic (exact) mass is 431 g/mol. The predicted molar refractivity (Wildman–Crippen MR) is 126 cm³/mol. The van der Waals surface area contributed by atoms with Crippen LogP contribution >= 0.6 is 0 Å². The summed E-state index contributed by atoms with van der Waals surface area (Å²) in [5, 5.41) is 7.91. The molecule has 1 atom stereocenters. The minimum absolute atomic E-state index is 0.149. The van der Waals surface area contributed by atoms with E-state index >= 15 is 0 Å². The zero-order valence-electron chi connectivity index (χ0n) is 18.5. The number of nitrogens with zero attached hydrogens (tertiary/aromatic N) is 7. The highest BCUT2D eigenvalue weighted by atomic mass is 15.3. The minimum Gasteiger partial charge on any atom is -0.364 e. The van der Waals surface area contributed by atoms with Crippen LogP contribution in [-0.2, 0) is 6.54 Å². The topological polar surface area (TPSA) is 103 Å². The SMILES string of the molecule is CC(C)n1cnc2c(NCc3ccccc3-n3cccn3)nc(N3CCC[C@@H](N)C3)nc21. The van der Waals surface area contributed by atoms with Gasteiger partial charge in [0.15, 0.2) is 17.0 Å². The van der Waals surface area contributed by atoms with Gasteiger partial charge in [0.25, 0.3) is 0 Å². The lowest BCUT2D eigenvalue weighted by Crippen LogP contribution is -2.43. The van der Waals surface area contributed by atoms with Gasteiger partial charge in [-0.1, -0.05) is 18.2 Å². The minimum atomic E-state index is 0.149. The molecule has 1 saturated heterocycles. The first-order valence-corrected chi connectivity index (χ1v) is 11.2. The number of rotatable bonds is 6. The summed E-state index contributed by atoms with van der Waals surface area (Å²) in [5.74, 6) is 1.44. The first-order chi connectivity index (χ1) is 15.6. The molecule has 3 N–H and O–H groups in total. The predicted octanol–water partition coefficient (Wildman–Crippen LogP) is 3.13. The molecular formula is C23H29N9. The Morgan fingerprint density at radius 3 is 2.84 bits per heavy atom. The van der Waals surface area contributed by atoms with Gasteiger partial charge in [-0.2, -0.15) is 15.1 Å². The summed E-state index contributed by atoms with van der Waals surface area (Å²) in [5.41, 5.74) is 10.00. The third-order valence-corrected chi connectivity index (χ3v) is 5.90. The van der Waals surface area contributed by atoms with Crippen LogP contribution in [0.1, 0.15) is 38.3 Å². The van der Waals surface area contributed by atoms with Crippen LogP contribution in [0.5, 0.6) is 0 Å². The fraction of sp³-hybridized carbons (Fsp3) is 0.391. The molecule has 0 spiro atoms. The molecule has 0 unspecified atom stereocenters. The number of piperidine rings is 1. The number of benzene rings is 1. The highest BCUT2D eigenvalue weighted by Crippen LogP contribution is 2.27. The van der Waals surface area contributed by atoms with E-state index in [1.54, 1.807) is 6.20 Å². The molecule has 4 heterocycles. The summed E-state index contributed by atoms with van der Waals surface area (Å²) in [6, 6.07) is 10.5. The number of imidazole rings is 1. The summed E-state index contributed by atoms with van der Waals surface area (Å²) < 4.78 is 3.97. The van der Waals surface area contributed by atoms with Gasteiger partial charge in [0, 0.05) is 44.1 Å². The standard InChI is InChI=1S/C23H29N9/c1-16(2)31-15-26-20-21(28-23(29-22(20)31)30-11-5-8-18(24)14-30)25-13-17-7-3-4-9-19(17)32-12-6-10-27-32/h3-4,6-7,9-10,12,15-16,18H,5,8,11,13-14,24H2,1-2H3,(H,25,28,29)/t18-/m1/s1. The van der Waals surface area contributed by atoms with Gasteiger partial charge in [0.05, 0.1) is 12.0 Å². The molecule has 0 radical (unpaired) electrons. The van der Waals surface area contributed by atoms with E-state index in [1.807, 2.05) is 35.4 Å². The molecule has 32 heavy (non-hydrogen) atoms. The Morgan fingerprint density at radius 2 is 2.06 bits per heavy atom. The summed E-state index contributed by atoms with van der Waals surface area (Å²) >= 11 is 0. The molecule has 1 aliphatic heterocycles. The number of hydrogen-bond acceptors (Lipinski definition) is 7. The van der Waals surface area contributed by atoms with Crippen LogP contribution in [0.15, 0.2) is 49.1 Å². The van der Waals surface area contributed by atoms with Crippen LogP contribution in [0.3, 0.4) is 0 Å². The van der Waals surface area contributed by atoms with Crippen molar-refractivity contribution >= 4 is 22.9 Å². The number of nitrogens with one attached hydrogen (secondary N) is 1. The summed E-state index contributed by atoms with van der Waals surface area (Å²) in [4.78, 5) is 16.6. The van der Waals surface area contributed by atoms with Crippen LogP contribution in [0.4, 0.5) is 11.8 Å². The van der Waals surface area contributed by atoms with Crippen molar-refractivity contribution in [3.8, 4) is 5.69 Å². The van der Waals surface area contributed by atoms with Crippen molar-refractivity contribution in [1.29, 1.82) is 0 Å². The van der Waals surface area contributed by atoms with Gasteiger partial charge in [-0.3, -0.25) is 0 Å². The molecular weight excluding hydrogens is 402 g/mol. The van der Waals surface area contributed by atoms with Crippen LogP contribution in [0.2, 0.25) is 0 Å². The van der Waals surface area contributed by atoms with Crippen LogP contribution < -0.4 is 16.0 Å². The second-order valence-electron chi connectivity index (χ2n) is 8.57. The van der Waals surface area contributed by atoms with Gasteiger partial charge in [0.1, 0.15) is 0 Å². The molecule has 5 rings (SSSR count).